The number of benzene rings is 1. The number of hydrogen-bond donors (Lipinski definition) is 3. The van der Waals surface area contributed by atoms with Crippen LogP contribution in [0.2, 0.25) is 0 Å². The number of hydrogen-bond acceptors (Lipinski definition) is 4. The summed E-state index contributed by atoms with van der Waals surface area (Å²) in [7, 11) is 0. The fraction of sp³-hybridized carbons (Fsp3) is 0.533. The van der Waals surface area contributed by atoms with E-state index in [0.717, 1.165) is 5.56 Å². The molecule has 0 aliphatic heterocycles. The van der Waals surface area contributed by atoms with Crippen molar-refractivity contribution in [3.63, 3.8) is 0 Å². The molecular weight excluding hydrogens is 256 g/mol. The largest absolute Gasteiger partial charge is 0.444 e. The summed E-state index contributed by atoms with van der Waals surface area (Å²) in [4.78, 5) is 11.6. The average molecular weight is 280 g/mol. The van der Waals surface area contributed by atoms with E-state index in [2.05, 4.69) is 10.6 Å². The molecule has 0 aliphatic rings. The molecule has 1 aromatic carbocycles. The Labute approximate surface area is 120 Å². The SMILES string of the molecule is C[C@H](NC(=O)OC(C)(C)C)C(O)NCc1ccccc1. The van der Waals surface area contributed by atoms with E-state index in [9.17, 15) is 9.90 Å². The molecule has 1 amide bonds. The number of aliphatic hydroxyl groups is 1. The van der Waals surface area contributed by atoms with Gasteiger partial charge in [0.15, 0.2) is 0 Å². The van der Waals surface area contributed by atoms with Crippen LogP contribution in [-0.4, -0.2) is 29.1 Å². The van der Waals surface area contributed by atoms with Crippen molar-refractivity contribution >= 4 is 6.09 Å². The highest BCUT2D eigenvalue weighted by molar-refractivity contribution is 5.68. The smallest absolute Gasteiger partial charge is 0.408 e. The van der Waals surface area contributed by atoms with Crippen LogP contribution >= 0.6 is 0 Å². The molecule has 0 saturated carbocycles. The van der Waals surface area contributed by atoms with Gasteiger partial charge < -0.3 is 15.2 Å². The van der Waals surface area contributed by atoms with Crippen LogP contribution < -0.4 is 10.6 Å². The zero-order valence-corrected chi connectivity index (χ0v) is 12.5. The number of amides is 1. The Balaban J connectivity index is 2.35. The number of ether oxygens (including phenoxy) is 1. The van der Waals surface area contributed by atoms with Crippen LogP contribution in [0.5, 0.6) is 0 Å². The second kappa shape index (κ2) is 7.26. The number of carbonyl (C=O) groups excluding carboxylic acids is 1. The highest BCUT2D eigenvalue weighted by Crippen LogP contribution is 2.07. The van der Waals surface area contributed by atoms with E-state index in [1.807, 2.05) is 30.3 Å². The van der Waals surface area contributed by atoms with Gasteiger partial charge in [0.1, 0.15) is 11.8 Å². The molecule has 20 heavy (non-hydrogen) atoms. The van der Waals surface area contributed by atoms with Gasteiger partial charge in [-0.1, -0.05) is 30.3 Å². The molecule has 112 valence electrons. The predicted octanol–water partition coefficient (Wildman–Crippen LogP) is 2.01. The summed E-state index contributed by atoms with van der Waals surface area (Å²) >= 11 is 0. The molecule has 0 radical (unpaired) electrons. The third kappa shape index (κ3) is 6.54. The lowest BCUT2D eigenvalue weighted by Crippen LogP contribution is -2.49. The maximum atomic E-state index is 11.6. The number of alkyl carbamates (subject to hydrolysis) is 1. The predicted molar refractivity (Wildman–Crippen MR) is 78.1 cm³/mol. The Bertz CT molecular complexity index is 415. The fourth-order valence-corrected chi connectivity index (χ4v) is 1.57. The normalized spacial score (nSPS) is 14.4. The van der Waals surface area contributed by atoms with Gasteiger partial charge in [-0.25, -0.2) is 4.79 Å². The second-order valence-electron chi connectivity index (χ2n) is 5.75. The monoisotopic (exact) mass is 280 g/mol. The van der Waals surface area contributed by atoms with Gasteiger partial charge >= 0.3 is 6.09 Å². The maximum Gasteiger partial charge on any atom is 0.408 e. The highest BCUT2D eigenvalue weighted by atomic mass is 16.6. The molecule has 1 rings (SSSR count). The van der Waals surface area contributed by atoms with Gasteiger partial charge in [-0.2, -0.15) is 0 Å². The Morgan fingerprint density at radius 1 is 1.30 bits per heavy atom. The number of carbonyl (C=O) groups is 1. The molecule has 5 nitrogen and oxygen atoms in total. The molecule has 0 aromatic heterocycles. The third-order valence-corrected chi connectivity index (χ3v) is 2.58. The molecule has 1 aromatic rings. The minimum absolute atomic E-state index is 0.450. The first kappa shape index (κ1) is 16.5. The quantitative estimate of drug-likeness (QED) is 0.722. The van der Waals surface area contributed by atoms with Crippen LogP contribution in [0.15, 0.2) is 30.3 Å². The van der Waals surface area contributed by atoms with Gasteiger partial charge in [-0.3, -0.25) is 5.32 Å². The second-order valence-corrected chi connectivity index (χ2v) is 5.75. The van der Waals surface area contributed by atoms with Crippen LogP contribution in [0, 0.1) is 0 Å². The van der Waals surface area contributed by atoms with Crippen molar-refractivity contribution in [3.05, 3.63) is 35.9 Å². The van der Waals surface area contributed by atoms with Gasteiger partial charge in [0.05, 0.1) is 6.04 Å². The number of nitrogens with one attached hydrogen (secondary N) is 2. The molecule has 0 bridgehead atoms. The first-order valence-corrected chi connectivity index (χ1v) is 6.73. The standard InChI is InChI=1S/C15H24N2O3/c1-11(17-14(19)20-15(2,3)4)13(18)16-10-12-8-6-5-7-9-12/h5-9,11,13,16,18H,10H2,1-4H3,(H,17,19)/t11-,13?/m0/s1. The van der Waals surface area contributed by atoms with Gasteiger partial charge in [0, 0.05) is 6.54 Å². The summed E-state index contributed by atoms with van der Waals surface area (Å²) in [5.41, 5.74) is 0.516. The highest BCUT2D eigenvalue weighted by Gasteiger charge is 2.20. The van der Waals surface area contributed by atoms with Crippen molar-refractivity contribution in [1.29, 1.82) is 0 Å². The van der Waals surface area contributed by atoms with Crippen molar-refractivity contribution < 1.29 is 14.6 Å². The summed E-state index contributed by atoms with van der Waals surface area (Å²) < 4.78 is 5.13. The molecule has 3 N–H and O–H groups in total. The summed E-state index contributed by atoms with van der Waals surface area (Å²) in [5.74, 6) is 0. The molecule has 1 unspecified atom stereocenters. The molecular formula is C15H24N2O3. The van der Waals surface area contributed by atoms with Crippen molar-refractivity contribution in [2.24, 2.45) is 0 Å². The lowest BCUT2D eigenvalue weighted by Gasteiger charge is -2.24. The zero-order chi connectivity index (χ0) is 15.2. The average Bonchev–Trinajstić information content (AvgIpc) is 2.34. The number of rotatable bonds is 5. The Hall–Kier alpha value is -1.59. The van der Waals surface area contributed by atoms with Crippen molar-refractivity contribution in [3.8, 4) is 0 Å². The lowest BCUT2D eigenvalue weighted by molar-refractivity contribution is 0.0395. The Morgan fingerprint density at radius 3 is 2.45 bits per heavy atom. The summed E-state index contributed by atoms with van der Waals surface area (Å²) in [5, 5.41) is 15.5. The first-order valence-electron chi connectivity index (χ1n) is 6.73. The van der Waals surface area contributed by atoms with E-state index >= 15 is 0 Å². The Morgan fingerprint density at radius 2 is 1.90 bits per heavy atom. The van der Waals surface area contributed by atoms with Gasteiger partial charge in [0.25, 0.3) is 0 Å². The Kier molecular flexibility index (Phi) is 5.98. The fourth-order valence-electron chi connectivity index (χ4n) is 1.57. The molecule has 0 aliphatic carbocycles. The van der Waals surface area contributed by atoms with Crippen molar-refractivity contribution in [1.82, 2.24) is 10.6 Å². The van der Waals surface area contributed by atoms with Crippen molar-refractivity contribution in [2.75, 3.05) is 0 Å². The molecule has 2 atom stereocenters. The van der Waals surface area contributed by atoms with Gasteiger partial charge in [0.2, 0.25) is 0 Å². The van der Waals surface area contributed by atoms with E-state index in [1.165, 1.54) is 0 Å². The van der Waals surface area contributed by atoms with Gasteiger partial charge in [-0.05, 0) is 33.3 Å². The van der Waals surface area contributed by atoms with Crippen LogP contribution in [0.3, 0.4) is 0 Å². The van der Waals surface area contributed by atoms with Crippen molar-refractivity contribution in [2.45, 2.75) is 52.1 Å². The van der Waals surface area contributed by atoms with Crippen LogP contribution in [-0.2, 0) is 11.3 Å². The minimum atomic E-state index is -0.845. The van der Waals surface area contributed by atoms with Crippen LogP contribution in [0.4, 0.5) is 4.79 Å². The molecule has 0 heterocycles. The first-order chi connectivity index (χ1) is 9.28. The lowest BCUT2D eigenvalue weighted by atomic mass is 10.2. The van der Waals surface area contributed by atoms with E-state index in [-0.39, 0.29) is 0 Å². The number of aliphatic hydroxyl groups excluding tert-OH is 1. The summed E-state index contributed by atoms with van der Waals surface area (Å²) in [6, 6.07) is 9.29. The van der Waals surface area contributed by atoms with E-state index in [0.29, 0.717) is 6.54 Å². The maximum absolute atomic E-state index is 11.6. The summed E-state index contributed by atoms with van der Waals surface area (Å²) in [6.07, 6.45) is -1.38. The van der Waals surface area contributed by atoms with E-state index in [1.54, 1.807) is 27.7 Å². The topological polar surface area (TPSA) is 70.6 Å². The van der Waals surface area contributed by atoms with E-state index < -0.39 is 24.0 Å². The minimum Gasteiger partial charge on any atom is -0.444 e. The van der Waals surface area contributed by atoms with Crippen LogP contribution in [0.25, 0.3) is 0 Å². The van der Waals surface area contributed by atoms with Gasteiger partial charge in [-0.15, -0.1) is 0 Å². The molecule has 0 spiro atoms. The molecule has 0 saturated heterocycles. The molecule has 0 fully saturated rings. The summed E-state index contributed by atoms with van der Waals surface area (Å²) in [6.45, 7) is 7.62. The third-order valence-electron chi connectivity index (χ3n) is 2.58. The zero-order valence-electron chi connectivity index (χ0n) is 12.5. The van der Waals surface area contributed by atoms with E-state index in [4.69, 9.17) is 4.74 Å². The van der Waals surface area contributed by atoms with Crippen LogP contribution in [0.1, 0.15) is 33.3 Å². The molecule has 5 heteroatoms.